The molecule has 36 heavy (non-hydrogen) atoms. The smallest absolute Gasteiger partial charge is 0.118 e. The van der Waals surface area contributed by atoms with Crippen molar-refractivity contribution in [2.24, 2.45) is 11.3 Å². The highest BCUT2D eigenvalue weighted by Crippen LogP contribution is 2.35. The normalized spacial score (nSPS) is 14.9. The van der Waals surface area contributed by atoms with Gasteiger partial charge in [0.2, 0.25) is 0 Å². The minimum Gasteiger partial charge on any atom is -0.383 e. The molecule has 1 aromatic carbocycles. The number of rotatable bonds is 10. The number of nitriles is 1. The lowest BCUT2D eigenvalue weighted by atomic mass is 9.81. The van der Waals surface area contributed by atoms with Gasteiger partial charge in [0, 0.05) is 30.0 Å². The van der Waals surface area contributed by atoms with E-state index in [2.05, 4.69) is 72.3 Å². The zero-order valence-electron chi connectivity index (χ0n) is 21.3. The van der Waals surface area contributed by atoms with Crippen LogP contribution in [-0.2, 0) is 0 Å². The van der Waals surface area contributed by atoms with E-state index >= 15 is 0 Å². The highest BCUT2D eigenvalue weighted by Gasteiger charge is 2.24. The summed E-state index contributed by atoms with van der Waals surface area (Å²) in [5.74, 6) is 0.0782. The van der Waals surface area contributed by atoms with Crippen LogP contribution in [0.15, 0.2) is 66.4 Å². The standard InChI is InChI=1S/C27H33ClFN7/c1-7-19(29)9-8-17(4)24(23-14-33-36-35-23)34-20-10-21-25(32-15-27(5,6)16(2)3)18(12-30)13-31-26(21)22(28)11-20/h7-11,13-14,16,24,33-36H,4,15H2,1-3,5-6H3,(H,31,32)/b9-8-,19-7+/t24-/m0/s1. The molecule has 7 nitrogen and oxygen atoms in total. The number of benzene rings is 1. The van der Waals surface area contributed by atoms with Gasteiger partial charge in [-0.1, -0.05) is 58.0 Å². The van der Waals surface area contributed by atoms with Crippen molar-refractivity contribution in [2.45, 2.75) is 40.7 Å². The molecular formula is C27H33ClFN7. The topological polar surface area (TPSA) is 96.8 Å². The fraction of sp³-hybridized carbons (Fsp3) is 0.333. The van der Waals surface area contributed by atoms with E-state index < -0.39 is 6.04 Å². The quantitative estimate of drug-likeness (QED) is 0.248. The molecule has 1 aliphatic rings. The fourth-order valence-corrected chi connectivity index (χ4v) is 3.74. The molecule has 2 aromatic rings. The van der Waals surface area contributed by atoms with Crippen LogP contribution in [0.1, 0.15) is 40.2 Å². The summed E-state index contributed by atoms with van der Waals surface area (Å²) in [5, 5.41) is 17.9. The van der Waals surface area contributed by atoms with E-state index in [0.717, 1.165) is 11.1 Å². The number of fused-ring (bicyclic) bond motifs is 1. The van der Waals surface area contributed by atoms with Crippen molar-refractivity contribution < 1.29 is 4.39 Å². The summed E-state index contributed by atoms with van der Waals surface area (Å²) < 4.78 is 13.7. The van der Waals surface area contributed by atoms with Gasteiger partial charge in [-0.2, -0.15) is 10.8 Å². The molecule has 0 aliphatic carbocycles. The average Bonchev–Trinajstić information content (AvgIpc) is 3.38. The lowest BCUT2D eigenvalue weighted by molar-refractivity contribution is 0.270. The summed E-state index contributed by atoms with van der Waals surface area (Å²) in [7, 11) is 0. The molecule has 0 fully saturated rings. The number of hydrogen-bond donors (Lipinski definition) is 5. The molecule has 0 saturated carbocycles. The third-order valence-electron chi connectivity index (χ3n) is 6.56. The number of aromatic nitrogens is 1. The summed E-state index contributed by atoms with van der Waals surface area (Å²) in [6.07, 6.45) is 7.65. The van der Waals surface area contributed by atoms with Crippen molar-refractivity contribution >= 4 is 33.9 Å². The van der Waals surface area contributed by atoms with Crippen molar-refractivity contribution in [3.05, 3.63) is 77.0 Å². The average molecular weight is 510 g/mol. The monoisotopic (exact) mass is 509 g/mol. The van der Waals surface area contributed by atoms with E-state index in [9.17, 15) is 9.65 Å². The second-order valence-electron chi connectivity index (χ2n) is 9.66. The van der Waals surface area contributed by atoms with Crippen LogP contribution < -0.4 is 27.0 Å². The summed E-state index contributed by atoms with van der Waals surface area (Å²) >= 11 is 6.65. The molecule has 5 N–H and O–H groups in total. The second kappa shape index (κ2) is 11.5. The number of nitrogens with one attached hydrogen (secondary N) is 5. The maximum atomic E-state index is 13.7. The number of halogens is 2. The molecule has 0 amide bonds. The van der Waals surface area contributed by atoms with Gasteiger partial charge in [0.15, 0.2) is 0 Å². The first-order valence-corrected chi connectivity index (χ1v) is 12.1. The summed E-state index contributed by atoms with van der Waals surface area (Å²) in [6, 6.07) is 5.50. The van der Waals surface area contributed by atoms with Crippen molar-refractivity contribution in [1.29, 1.82) is 5.26 Å². The molecule has 1 atom stereocenters. The molecule has 3 rings (SSSR count). The van der Waals surface area contributed by atoms with Crippen LogP contribution in [-0.4, -0.2) is 17.6 Å². The Morgan fingerprint density at radius 2 is 2.08 bits per heavy atom. The fourth-order valence-electron chi connectivity index (χ4n) is 3.47. The maximum Gasteiger partial charge on any atom is 0.118 e. The number of hydrogen-bond acceptors (Lipinski definition) is 7. The molecule has 0 radical (unpaired) electrons. The number of pyridine rings is 1. The number of nitrogens with zero attached hydrogens (tertiary/aromatic N) is 2. The maximum absolute atomic E-state index is 13.7. The predicted molar refractivity (Wildman–Crippen MR) is 147 cm³/mol. The van der Waals surface area contributed by atoms with E-state index in [1.807, 2.05) is 6.07 Å². The molecule has 190 valence electrons. The van der Waals surface area contributed by atoms with Gasteiger partial charge in [-0.15, -0.1) is 0 Å². The lowest BCUT2D eigenvalue weighted by Gasteiger charge is -2.30. The summed E-state index contributed by atoms with van der Waals surface area (Å²) in [6.45, 7) is 15.1. The highest BCUT2D eigenvalue weighted by molar-refractivity contribution is 6.35. The first kappa shape index (κ1) is 27.1. The van der Waals surface area contributed by atoms with E-state index in [1.54, 1.807) is 31.5 Å². The van der Waals surface area contributed by atoms with E-state index in [4.69, 9.17) is 11.6 Å². The first-order chi connectivity index (χ1) is 17.1. The summed E-state index contributed by atoms with van der Waals surface area (Å²) in [5.41, 5.74) is 12.5. The Bertz CT molecular complexity index is 1270. The van der Waals surface area contributed by atoms with Crippen LogP contribution in [0.4, 0.5) is 15.8 Å². The minimum absolute atomic E-state index is 0.0000274. The molecule has 0 saturated heterocycles. The molecule has 0 spiro atoms. The van der Waals surface area contributed by atoms with Gasteiger partial charge in [0.1, 0.15) is 11.9 Å². The SMILES string of the molecule is C=C(/C=C\C(F)=C/C)[C@H](Nc1cc(Cl)c2ncc(C#N)c(NCC(C)(C)C(C)C)c2c1)C1=CNNN1. The van der Waals surface area contributed by atoms with Gasteiger partial charge in [0.25, 0.3) is 0 Å². The van der Waals surface area contributed by atoms with Crippen LogP contribution in [0.3, 0.4) is 0 Å². The molecule has 1 aliphatic heterocycles. The third-order valence-corrected chi connectivity index (χ3v) is 6.85. The Hall–Kier alpha value is -3.54. The van der Waals surface area contributed by atoms with Crippen molar-refractivity contribution in [1.82, 2.24) is 21.4 Å². The third kappa shape index (κ3) is 6.17. The van der Waals surface area contributed by atoms with Crippen molar-refractivity contribution in [3.63, 3.8) is 0 Å². The molecule has 2 heterocycles. The molecular weight excluding hydrogens is 477 g/mol. The van der Waals surface area contributed by atoms with E-state index in [-0.39, 0.29) is 11.2 Å². The van der Waals surface area contributed by atoms with Crippen molar-refractivity contribution in [2.75, 3.05) is 17.2 Å². The Morgan fingerprint density at radius 3 is 2.69 bits per heavy atom. The Morgan fingerprint density at radius 1 is 1.33 bits per heavy atom. The van der Waals surface area contributed by atoms with Gasteiger partial charge in [-0.05, 0) is 42.0 Å². The second-order valence-corrected chi connectivity index (χ2v) is 10.1. The largest absolute Gasteiger partial charge is 0.383 e. The first-order valence-electron chi connectivity index (χ1n) is 11.8. The Balaban J connectivity index is 2.04. The van der Waals surface area contributed by atoms with Gasteiger partial charge in [-0.25, -0.2) is 4.39 Å². The zero-order valence-corrected chi connectivity index (χ0v) is 22.0. The minimum atomic E-state index is -0.426. The molecule has 1 aromatic heterocycles. The summed E-state index contributed by atoms with van der Waals surface area (Å²) in [4.78, 5) is 4.44. The Labute approximate surface area is 217 Å². The predicted octanol–water partition coefficient (Wildman–Crippen LogP) is 6.07. The zero-order chi connectivity index (χ0) is 26.5. The van der Waals surface area contributed by atoms with Gasteiger partial charge in [-0.3, -0.25) is 4.98 Å². The van der Waals surface area contributed by atoms with Crippen LogP contribution in [0, 0.1) is 22.7 Å². The molecule has 9 heteroatoms. The lowest BCUT2D eigenvalue weighted by Crippen LogP contribution is -2.37. The number of anilines is 2. The van der Waals surface area contributed by atoms with Crippen LogP contribution in [0.5, 0.6) is 0 Å². The van der Waals surface area contributed by atoms with E-state index in [1.165, 1.54) is 12.2 Å². The van der Waals surface area contributed by atoms with Crippen LogP contribution in [0.2, 0.25) is 5.02 Å². The van der Waals surface area contributed by atoms with Crippen LogP contribution in [0.25, 0.3) is 10.9 Å². The number of hydrazine groups is 2. The Kier molecular flexibility index (Phi) is 8.62. The molecule has 0 bridgehead atoms. The van der Waals surface area contributed by atoms with Gasteiger partial charge < -0.3 is 21.5 Å². The van der Waals surface area contributed by atoms with Gasteiger partial charge in [0.05, 0.1) is 33.5 Å². The number of allylic oxidation sites excluding steroid dienone is 3. The van der Waals surface area contributed by atoms with Gasteiger partial charge >= 0.3 is 0 Å². The molecule has 0 unspecified atom stereocenters. The van der Waals surface area contributed by atoms with Crippen LogP contribution >= 0.6 is 11.6 Å². The van der Waals surface area contributed by atoms with Crippen molar-refractivity contribution in [3.8, 4) is 6.07 Å². The van der Waals surface area contributed by atoms with E-state index in [0.29, 0.717) is 45.5 Å². The highest BCUT2D eigenvalue weighted by atomic mass is 35.5.